The highest BCUT2D eigenvalue weighted by molar-refractivity contribution is 9.10. The molecule has 6 heteroatoms. The van der Waals surface area contributed by atoms with Crippen molar-refractivity contribution in [2.45, 2.75) is 0 Å². The quantitative estimate of drug-likeness (QED) is 0.754. The Hall–Kier alpha value is -1.63. The normalized spacial score (nSPS) is 15.2. The topological polar surface area (TPSA) is 30.5 Å². The molecule has 0 unspecified atom stereocenters. The second-order valence-electron chi connectivity index (χ2n) is 5.90. The summed E-state index contributed by atoms with van der Waals surface area (Å²) in [5.41, 5.74) is 3.19. The summed E-state index contributed by atoms with van der Waals surface area (Å²) >= 11 is 8.95. The van der Waals surface area contributed by atoms with Gasteiger partial charge in [0.25, 0.3) is 0 Å². The summed E-state index contributed by atoms with van der Waals surface area (Å²) in [4.78, 5) is 4.76. The first-order valence-corrected chi connectivity index (χ1v) is 9.18. The Labute approximate surface area is 157 Å². The Bertz CT molecular complexity index is 714. The van der Waals surface area contributed by atoms with E-state index in [4.69, 9.17) is 12.2 Å². The van der Waals surface area contributed by atoms with Crippen LogP contribution < -0.4 is 15.5 Å². The van der Waals surface area contributed by atoms with Crippen molar-refractivity contribution in [2.24, 2.45) is 0 Å². The van der Waals surface area contributed by atoms with Crippen LogP contribution in [-0.4, -0.2) is 43.2 Å². The van der Waals surface area contributed by atoms with Gasteiger partial charge in [-0.25, -0.2) is 0 Å². The molecule has 0 saturated carbocycles. The van der Waals surface area contributed by atoms with Gasteiger partial charge in [-0.15, -0.1) is 0 Å². The number of likely N-dealkylation sites (N-methyl/N-ethyl adjacent to an activating group) is 1. The predicted molar refractivity (Wildman–Crippen MR) is 110 cm³/mol. The zero-order valence-corrected chi connectivity index (χ0v) is 16.0. The highest BCUT2D eigenvalue weighted by Gasteiger charge is 2.17. The number of hydrogen-bond acceptors (Lipinski definition) is 3. The largest absolute Gasteiger partial charge is 0.367 e. The number of halogens is 1. The van der Waals surface area contributed by atoms with E-state index < -0.39 is 0 Å². The molecule has 0 atom stereocenters. The average molecular weight is 405 g/mol. The SMILES string of the molecule is CN1CCN(c2ccccc2NC(=S)Nc2cccc(Br)c2)CC1. The van der Waals surface area contributed by atoms with E-state index in [2.05, 4.69) is 61.6 Å². The van der Waals surface area contributed by atoms with E-state index in [-0.39, 0.29) is 0 Å². The van der Waals surface area contributed by atoms with Gasteiger partial charge in [0, 0.05) is 36.3 Å². The van der Waals surface area contributed by atoms with Gasteiger partial charge < -0.3 is 20.4 Å². The molecular formula is C18H21BrN4S. The van der Waals surface area contributed by atoms with Gasteiger partial charge in [-0.1, -0.05) is 34.1 Å². The number of rotatable bonds is 3. The van der Waals surface area contributed by atoms with Gasteiger partial charge in [-0.2, -0.15) is 0 Å². The van der Waals surface area contributed by atoms with Crippen molar-refractivity contribution in [1.29, 1.82) is 0 Å². The van der Waals surface area contributed by atoms with Crippen molar-refractivity contribution < 1.29 is 0 Å². The Morgan fingerprint density at radius 3 is 2.50 bits per heavy atom. The van der Waals surface area contributed by atoms with Crippen LogP contribution >= 0.6 is 28.1 Å². The minimum Gasteiger partial charge on any atom is -0.367 e. The molecule has 1 aliphatic rings. The maximum absolute atomic E-state index is 5.48. The molecule has 1 saturated heterocycles. The highest BCUT2D eigenvalue weighted by atomic mass is 79.9. The summed E-state index contributed by atoms with van der Waals surface area (Å²) in [7, 11) is 2.17. The van der Waals surface area contributed by atoms with Crippen molar-refractivity contribution in [1.82, 2.24) is 4.90 Å². The van der Waals surface area contributed by atoms with Gasteiger partial charge in [-0.05, 0) is 49.6 Å². The lowest BCUT2D eigenvalue weighted by Crippen LogP contribution is -2.44. The number of benzene rings is 2. The number of para-hydroxylation sites is 2. The molecule has 1 aliphatic heterocycles. The Kier molecular flexibility index (Phi) is 5.71. The van der Waals surface area contributed by atoms with Gasteiger partial charge in [0.2, 0.25) is 0 Å². The smallest absolute Gasteiger partial charge is 0.175 e. The molecule has 0 aromatic heterocycles. The molecular weight excluding hydrogens is 384 g/mol. The lowest BCUT2D eigenvalue weighted by Gasteiger charge is -2.35. The summed E-state index contributed by atoms with van der Waals surface area (Å²) in [6, 6.07) is 16.3. The van der Waals surface area contributed by atoms with Crippen LogP contribution in [0.1, 0.15) is 0 Å². The lowest BCUT2D eigenvalue weighted by molar-refractivity contribution is 0.313. The van der Waals surface area contributed by atoms with Crippen LogP contribution in [-0.2, 0) is 0 Å². The van der Waals surface area contributed by atoms with Gasteiger partial charge >= 0.3 is 0 Å². The Morgan fingerprint density at radius 2 is 1.75 bits per heavy atom. The molecule has 24 heavy (non-hydrogen) atoms. The van der Waals surface area contributed by atoms with Gasteiger partial charge in [0.15, 0.2) is 5.11 Å². The van der Waals surface area contributed by atoms with Gasteiger partial charge in [0.1, 0.15) is 0 Å². The summed E-state index contributed by atoms with van der Waals surface area (Å²) in [6.07, 6.45) is 0. The van der Waals surface area contributed by atoms with E-state index >= 15 is 0 Å². The standard InChI is InChI=1S/C18H21BrN4S/c1-22-9-11-23(12-10-22)17-8-3-2-7-16(17)21-18(24)20-15-6-4-5-14(19)13-15/h2-8,13H,9-12H2,1H3,(H2,20,21,24). The van der Waals surface area contributed by atoms with Crippen molar-refractivity contribution in [3.63, 3.8) is 0 Å². The average Bonchev–Trinajstić information content (AvgIpc) is 2.56. The zero-order valence-electron chi connectivity index (χ0n) is 13.6. The molecule has 4 nitrogen and oxygen atoms in total. The predicted octanol–water partition coefficient (Wildman–Crippen LogP) is 4.01. The van der Waals surface area contributed by atoms with E-state index in [1.807, 2.05) is 30.3 Å². The lowest BCUT2D eigenvalue weighted by atomic mass is 10.2. The summed E-state index contributed by atoms with van der Waals surface area (Å²) < 4.78 is 1.02. The van der Waals surface area contributed by atoms with Gasteiger partial charge in [-0.3, -0.25) is 0 Å². The molecule has 0 spiro atoms. The second kappa shape index (κ2) is 7.96. The number of nitrogens with zero attached hydrogens (tertiary/aromatic N) is 2. The number of thiocarbonyl (C=S) groups is 1. The van der Waals surface area contributed by atoms with Crippen molar-refractivity contribution in [3.8, 4) is 0 Å². The molecule has 0 aliphatic carbocycles. The first-order chi connectivity index (χ1) is 11.6. The summed E-state index contributed by atoms with van der Waals surface area (Å²) in [5, 5.41) is 7.16. The number of hydrogen-bond donors (Lipinski definition) is 2. The van der Waals surface area contributed by atoms with Crippen molar-refractivity contribution in [2.75, 3.05) is 48.8 Å². The summed E-state index contributed by atoms with van der Waals surface area (Å²) in [6.45, 7) is 4.21. The maximum atomic E-state index is 5.48. The third kappa shape index (κ3) is 4.47. The van der Waals surface area contributed by atoms with E-state index in [1.54, 1.807) is 0 Å². The fourth-order valence-corrected chi connectivity index (χ4v) is 3.38. The minimum absolute atomic E-state index is 0.592. The van der Waals surface area contributed by atoms with Crippen LogP contribution in [0.15, 0.2) is 53.0 Å². The molecule has 1 fully saturated rings. The molecule has 0 bridgehead atoms. The molecule has 0 radical (unpaired) electrons. The third-order valence-corrected chi connectivity index (χ3v) is 4.78. The van der Waals surface area contributed by atoms with E-state index in [9.17, 15) is 0 Å². The first-order valence-electron chi connectivity index (χ1n) is 7.98. The summed E-state index contributed by atoms with van der Waals surface area (Å²) in [5.74, 6) is 0. The van der Waals surface area contributed by atoms with Crippen LogP contribution in [0.2, 0.25) is 0 Å². The monoisotopic (exact) mass is 404 g/mol. The molecule has 1 heterocycles. The fraction of sp³-hybridized carbons (Fsp3) is 0.278. The maximum Gasteiger partial charge on any atom is 0.175 e. The zero-order chi connectivity index (χ0) is 16.9. The van der Waals surface area contributed by atoms with Crippen LogP contribution in [0.3, 0.4) is 0 Å². The van der Waals surface area contributed by atoms with Crippen molar-refractivity contribution in [3.05, 3.63) is 53.0 Å². The van der Waals surface area contributed by atoms with E-state index in [0.29, 0.717) is 5.11 Å². The van der Waals surface area contributed by atoms with Crippen LogP contribution in [0.25, 0.3) is 0 Å². The van der Waals surface area contributed by atoms with Crippen LogP contribution in [0.5, 0.6) is 0 Å². The van der Waals surface area contributed by atoms with Crippen LogP contribution in [0.4, 0.5) is 17.1 Å². The van der Waals surface area contributed by atoms with E-state index in [1.165, 1.54) is 5.69 Å². The molecule has 3 rings (SSSR count). The van der Waals surface area contributed by atoms with Gasteiger partial charge in [0.05, 0.1) is 11.4 Å². The Balaban J connectivity index is 1.69. The van der Waals surface area contributed by atoms with Crippen molar-refractivity contribution >= 4 is 50.3 Å². The van der Waals surface area contributed by atoms with E-state index in [0.717, 1.165) is 42.0 Å². The minimum atomic E-state index is 0.592. The Morgan fingerprint density at radius 1 is 1.00 bits per heavy atom. The molecule has 2 aromatic rings. The second-order valence-corrected chi connectivity index (χ2v) is 7.22. The fourth-order valence-electron chi connectivity index (χ4n) is 2.75. The first kappa shape index (κ1) is 17.2. The molecule has 126 valence electrons. The number of piperazine rings is 1. The number of nitrogens with one attached hydrogen (secondary N) is 2. The van der Waals surface area contributed by atoms with Crippen LogP contribution in [0, 0.1) is 0 Å². The molecule has 0 amide bonds. The molecule has 2 N–H and O–H groups in total. The number of anilines is 3. The molecule has 2 aromatic carbocycles. The highest BCUT2D eigenvalue weighted by Crippen LogP contribution is 2.27. The third-order valence-electron chi connectivity index (χ3n) is 4.08.